The second-order valence-corrected chi connectivity index (χ2v) is 4.44. The number of nitrogens with zero attached hydrogens (tertiary/aromatic N) is 3. The van der Waals surface area contributed by atoms with Crippen molar-refractivity contribution in [2.45, 2.75) is 25.2 Å². The molecule has 7 heteroatoms. The largest absolute Gasteiger partial charge is 0.444 e. The molecule has 1 aliphatic rings. The lowest BCUT2D eigenvalue weighted by Gasteiger charge is -2.16. The van der Waals surface area contributed by atoms with E-state index < -0.39 is 6.09 Å². The molecule has 0 unspecified atom stereocenters. The lowest BCUT2D eigenvalue weighted by atomic mass is 10.1. The number of ether oxygens (including phenoxy) is 2. The van der Waals surface area contributed by atoms with Crippen LogP contribution in [0.15, 0.2) is 35.4 Å². The van der Waals surface area contributed by atoms with Gasteiger partial charge in [0, 0.05) is 11.5 Å². The Hall–Kier alpha value is -2.24. The summed E-state index contributed by atoms with van der Waals surface area (Å²) in [6, 6.07) is 9.58. The number of hydrogen-bond acceptors (Lipinski definition) is 4. The van der Waals surface area contributed by atoms with E-state index in [2.05, 4.69) is 15.3 Å². The molecule has 2 atom stereocenters. The highest BCUT2D eigenvalue weighted by Crippen LogP contribution is 2.14. The Morgan fingerprint density at radius 1 is 1.40 bits per heavy atom. The van der Waals surface area contributed by atoms with Crippen molar-refractivity contribution in [1.82, 2.24) is 5.32 Å². The Labute approximate surface area is 116 Å². The molecule has 0 bridgehead atoms. The first-order chi connectivity index (χ1) is 9.79. The number of benzene rings is 1. The topological polar surface area (TPSA) is 96.3 Å². The van der Waals surface area contributed by atoms with Gasteiger partial charge in [0.2, 0.25) is 0 Å². The molecule has 1 aromatic rings. The number of hydrogen-bond donors (Lipinski definition) is 1. The molecular formula is C13H16N4O3. The average Bonchev–Trinajstić information content (AvgIpc) is 2.81. The molecule has 1 N–H and O–H groups in total. The minimum Gasteiger partial charge on any atom is -0.444 e. The van der Waals surface area contributed by atoms with Gasteiger partial charge < -0.3 is 14.8 Å². The lowest BCUT2D eigenvalue weighted by Crippen LogP contribution is -2.36. The van der Waals surface area contributed by atoms with Gasteiger partial charge in [-0.05, 0) is 17.5 Å². The van der Waals surface area contributed by atoms with E-state index in [4.69, 9.17) is 15.0 Å². The van der Waals surface area contributed by atoms with Crippen LogP contribution in [-0.4, -0.2) is 31.4 Å². The molecular weight excluding hydrogens is 260 g/mol. The highest BCUT2D eigenvalue weighted by molar-refractivity contribution is 5.70. The molecule has 0 radical (unpaired) electrons. The van der Waals surface area contributed by atoms with Crippen LogP contribution in [0, 0.1) is 0 Å². The van der Waals surface area contributed by atoms with E-state index in [1.807, 2.05) is 30.3 Å². The third-order valence-electron chi connectivity index (χ3n) is 3.00. The Bertz CT molecular complexity index is 488. The number of cyclic esters (lactones) is 1. The second kappa shape index (κ2) is 7.37. The van der Waals surface area contributed by atoms with Gasteiger partial charge in [0.05, 0.1) is 19.3 Å². The summed E-state index contributed by atoms with van der Waals surface area (Å²) in [5, 5.41) is 6.14. The zero-order valence-electron chi connectivity index (χ0n) is 10.9. The van der Waals surface area contributed by atoms with Crippen molar-refractivity contribution < 1.29 is 14.3 Å². The van der Waals surface area contributed by atoms with Crippen LogP contribution in [0.4, 0.5) is 4.79 Å². The predicted octanol–water partition coefficient (Wildman–Crippen LogP) is 2.38. The summed E-state index contributed by atoms with van der Waals surface area (Å²) in [5.74, 6) is 0. The molecule has 0 aromatic heterocycles. The quantitative estimate of drug-likeness (QED) is 0.470. The van der Waals surface area contributed by atoms with Crippen molar-refractivity contribution in [3.8, 4) is 0 Å². The maximum absolute atomic E-state index is 11.2. The molecule has 1 aliphatic heterocycles. The molecule has 106 valence electrons. The zero-order chi connectivity index (χ0) is 14.2. The molecule has 1 fully saturated rings. The molecule has 2 rings (SSSR count). The van der Waals surface area contributed by atoms with Crippen LogP contribution >= 0.6 is 0 Å². The first-order valence-corrected chi connectivity index (χ1v) is 6.39. The summed E-state index contributed by atoms with van der Waals surface area (Å²) >= 11 is 0. The van der Waals surface area contributed by atoms with Crippen LogP contribution < -0.4 is 5.32 Å². The molecule has 0 spiro atoms. The van der Waals surface area contributed by atoms with Crippen LogP contribution in [0.3, 0.4) is 0 Å². The normalized spacial score (nSPS) is 20.9. The Morgan fingerprint density at radius 3 is 2.95 bits per heavy atom. The Kier molecular flexibility index (Phi) is 5.23. The van der Waals surface area contributed by atoms with Gasteiger partial charge in [0.15, 0.2) is 0 Å². The molecule has 1 amide bonds. The van der Waals surface area contributed by atoms with Crippen molar-refractivity contribution in [2.24, 2.45) is 5.11 Å². The Balaban J connectivity index is 1.77. The van der Waals surface area contributed by atoms with E-state index >= 15 is 0 Å². The van der Waals surface area contributed by atoms with Crippen molar-refractivity contribution in [1.29, 1.82) is 0 Å². The molecule has 1 aromatic carbocycles. The maximum atomic E-state index is 11.2. The molecule has 0 saturated carbocycles. The lowest BCUT2D eigenvalue weighted by molar-refractivity contribution is 0.0696. The van der Waals surface area contributed by atoms with Gasteiger partial charge in [-0.1, -0.05) is 35.4 Å². The summed E-state index contributed by atoms with van der Waals surface area (Å²) in [6.45, 7) is 1.14. The van der Waals surface area contributed by atoms with E-state index in [1.165, 1.54) is 0 Å². The standard InChI is InChI=1S/C13H16N4O3/c14-17-15-7-6-12-11(16-13(18)20-12)9-19-8-10-4-2-1-3-5-10/h1-5,11-12H,6-9H2,(H,16,18)/t11-,12-/m1/s1. The van der Waals surface area contributed by atoms with Crippen LogP contribution in [-0.2, 0) is 16.1 Å². The summed E-state index contributed by atoms with van der Waals surface area (Å²) in [6.07, 6.45) is -0.282. The van der Waals surface area contributed by atoms with Crippen molar-refractivity contribution in [3.05, 3.63) is 46.3 Å². The van der Waals surface area contributed by atoms with Gasteiger partial charge in [0.25, 0.3) is 0 Å². The highest BCUT2D eigenvalue weighted by Gasteiger charge is 2.33. The van der Waals surface area contributed by atoms with Crippen LogP contribution in [0.5, 0.6) is 0 Å². The van der Waals surface area contributed by atoms with Gasteiger partial charge in [-0.3, -0.25) is 0 Å². The van der Waals surface area contributed by atoms with E-state index in [-0.39, 0.29) is 12.1 Å². The minimum absolute atomic E-state index is 0.208. The predicted molar refractivity (Wildman–Crippen MR) is 71.9 cm³/mol. The second-order valence-electron chi connectivity index (χ2n) is 4.44. The number of carbonyl (C=O) groups is 1. The third-order valence-corrected chi connectivity index (χ3v) is 3.00. The highest BCUT2D eigenvalue weighted by atomic mass is 16.6. The fraction of sp³-hybridized carbons (Fsp3) is 0.462. The molecule has 1 saturated heterocycles. The number of rotatable bonds is 7. The van der Waals surface area contributed by atoms with Crippen molar-refractivity contribution in [3.63, 3.8) is 0 Å². The van der Waals surface area contributed by atoms with Crippen LogP contribution in [0.1, 0.15) is 12.0 Å². The molecule has 20 heavy (non-hydrogen) atoms. The number of nitrogens with one attached hydrogen (secondary N) is 1. The van der Waals surface area contributed by atoms with Gasteiger partial charge in [0.1, 0.15) is 6.10 Å². The Morgan fingerprint density at radius 2 is 2.20 bits per heavy atom. The van der Waals surface area contributed by atoms with Crippen LogP contribution in [0.25, 0.3) is 10.4 Å². The van der Waals surface area contributed by atoms with Gasteiger partial charge >= 0.3 is 6.09 Å². The van der Waals surface area contributed by atoms with Crippen molar-refractivity contribution >= 4 is 6.09 Å². The summed E-state index contributed by atoms with van der Waals surface area (Å²) in [7, 11) is 0. The average molecular weight is 276 g/mol. The van der Waals surface area contributed by atoms with E-state index in [0.29, 0.717) is 26.2 Å². The van der Waals surface area contributed by atoms with Gasteiger partial charge in [-0.15, -0.1) is 0 Å². The molecule has 0 aliphatic carbocycles. The smallest absolute Gasteiger partial charge is 0.407 e. The number of amides is 1. The third kappa shape index (κ3) is 4.15. The molecule has 7 nitrogen and oxygen atoms in total. The SMILES string of the molecule is [N-]=[N+]=NCC[C@H]1OC(=O)N[C@@H]1COCc1ccccc1. The number of azide groups is 1. The number of carbonyl (C=O) groups excluding carboxylic acids is 1. The summed E-state index contributed by atoms with van der Waals surface area (Å²) in [4.78, 5) is 13.9. The fourth-order valence-corrected chi connectivity index (χ4v) is 2.01. The molecule has 1 heterocycles. The van der Waals surface area contributed by atoms with E-state index in [1.54, 1.807) is 0 Å². The summed E-state index contributed by atoms with van der Waals surface area (Å²) in [5.41, 5.74) is 9.31. The maximum Gasteiger partial charge on any atom is 0.407 e. The monoisotopic (exact) mass is 276 g/mol. The van der Waals surface area contributed by atoms with Gasteiger partial charge in [-0.25, -0.2) is 4.79 Å². The van der Waals surface area contributed by atoms with Crippen molar-refractivity contribution in [2.75, 3.05) is 13.2 Å². The van der Waals surface area contributed by atoms with Crippen LogP contribution in [0.2, 0.25) is 0 Å². The zero-order valence-corrected chi connectivity index (χ0v) is 10.9. The van der Waals surface area contributed by atoms with E-state index in [0.717, 1.165) is 5.56 Å². The van der Waals surface area contributed by atoms with E-state index in [9.17, 15) is 4.79 Å². The summed E-state index contributed by atoms with van der Waals surface area (Å²) < 4.78 is 10.7. The van der Waals surface area contributed by atoms with Gasteiger partial charge in [-0.2, -0.15) is 0 Å². The fourth-order valence-electron chi connectivity index (χ4n) is 2.01. The first-order valence-electron chi connectivity index (χ1n) is 6.39. The minimum atomic E-state index is -0.454. The first kappa shape index (κ1) is 14.2. The number of alkyl carbamates (subject to hydrolysis) is 1.